The minimum absolute atomic E-state index is 0.359. The number of methoxy groups -OCH3 is 2. The molecule has 1 atom stereocenters. The zero-order valence-corrected chi connectivity index (χ0v) is 17.2. The van der Waals surface area contributed by atoms with Crippen molar-refractivity contribution in [2.45, 2.75) is 25.4 Å². The van der Waals surface area contributed by atoms with E-state index in [1.807, 2.05) is 22.8 Å². The number of nitrogens with zero attached hydrogens (tertiary/aromatic N) is 3. The molecule has 1 aromatic carbocycles. The molecule has 1 aliphatic rings. The second-order valence-corrected chi connectivity index (χ2v) is 9.29. The summed E-state index contributed by atoms with van der Waals surface area (Å²) in [6, 6.07) is 4.94. The Bertz CT molecular complexity index is 1010. The topological polar surface area (TPSA) is 90.2 Å². The number of carbonyl (C=O) groups is 1. The second-order valence-electron chi connectivity index (χ2n) is 6.34. The summed E-state index contributed by atoms with van der Waals surface area (Å²) in [5, 5.41) is 0. The van der Waals surface area contributed by atoms with Gasteiger partial charge in [0.05, 0.1) is 30.2 Å². The summed E-state index contributed by atoms with van der Waals surface area (Å²) in [7, 11) is -0.221. The fraction of sp³-hybridized carbons (Fsp3) is 0.529. The lowest BCUT2D eigenvalue weighted by Gasteiger charge is -2.18. The van der Waals surface area contributed by atoms with Gasteiger partial charge in [0.1, 0.15) is 11.8 Å². The molecule has 1 aliphatic heterocycles. The fourth-order valence-electron chi connectivity index (χ4n) is 3.22. The molecule has 10 heteroatoms. The lowest BCUT2D eigenvalue weighted by molar-refractivity contribution is -0.121. The van der Waals surface area contributed by atoms with Crippen LogP contribution in [-0.4, -0.2) is 62.9 Å². The molecule has 0 radical (unpaired) electrons. The largest absolute Gasteiger partial charge is 0.497 e. The Morgan fingerprint density at radius 2 is 2.15 bits per heavy atom. The van der Waals surface area contributed by atoms with Crippen LogP contribution in [0.25, 0.3) is 10.2 Å². The Labute approximate surface area is 162 Å². The number of benzene rings is 1. The summed E-state index contributed by atoms with van der Waals surface area (Å²) < 4.78 is 38.4. The summed E-state index contributed by atoms with van der Waals surface area (Å²) in [5.41, 5.74) is 0.927. The van der Waals surface area contributed by atoms with Crippen LogP contribution >= 0.6 is 11.3 Å². The van der Waals surface area contributed by atoms with Crippen molar-refractivity contribution in [2.24, 2.45) is 4.99 Å². The first kappa shape index (κ1) is 20.0. The Balaban J connectivity index is 2.04. The third-order valence-electron chi connectivity index (χ3n) is 4.53. The monoisotopic (exact) mass is 413 g/mol. The standard InChI is InChI=1S/C17H23N3O5S2/c1-24-10-9-19-13-7-6-12(25-2)11-15(13)26-17(19)18-16(21)14-5-4-8-20(14)27(3,22)23/h6-7,11,14H,4-5,8-10H2,1-3H3. The van der Waals surface area contributed by atoms with Crippen molar-refractivity contribution in [3.8, 4) is 5.75 Å². The number of hydrogen-bond donors (Lipinski definition) is 0. The zero-order valence-electron chi connectivity index (χ0n) is 15.5. The number of carbonyl (C=O) groups excluding carboxylic acids is 1. The lowest BCUT2D eigenvalue weighted by Crippen LogP contribution is -2.40. The van der Waals surface area contributed by atoms with Crippen molar-refractivity contribution in [2.75, 3.05) is 33.6 Å². The van der Waals surface area contributed by atoms with Crippen molar-refractivity contribution >= 4 is 37.5 Å². The second kappa shape index (κ2) is 8.09. The van der Waals surface area contributed by atoms with Gasteiger partial charge in [-0.1, -0.05) is 11.3 Å². The van der Waals surface area contributed by atoms with Crippen LogP contribution in [0.15, 0.2) is 23.2 Å². The maximum Gasteiger partial charge on any atom is 0.266 e. The first-order chi connectivity index (χ1) is 12.8. The Morgan fingerprint density at radius 3 is 2.81 bits per heavy atom. The highest BCUT2D eigenvalue weighted by Gasteiger charge is 2.36. The van der Waals surface area contributed by atoms with Crippen LogP contribution in [0.5, 0.6) is 5.75 Å². The number of thiazole rings is 1. The summed E-state index contributed by atoms with van der Waals surface area (Å²) >= 11 is 1.37. The van der Waals surface area contributed by atoms with Crippen LogP contribution < -0.4 is 9.54 Å². The maximum absolute atomic E-state index is 12.8. The van der Waals surface area contributed by atoms with E-state index in [-0.39, 0.29) is 0 Å². The van der Waals surface area contributed by atoms with E-state index >= 15 is 0 Å². The highest BCUT2D eigenvalue weighted by Crippen LogP contribution is 2.24. The van der Waals surface area contributed by atoms with Crippen LogP contribution in [0.1, 0.15) is 12.8 Å². The highest BCUT2D eigenvalue weighted by atomic mass is 32.2. The van der Waals surface area contributed by atoms with Crippen LogP contribution in [-0.2, 0) is 26.1 Å². The van der Waals surface area contributed by atoms with Crippen LogP contribution in [0.4, 0.5) is 0 Å². The van der Waals surface area contributed by atoms with Crippen LogP contribution in [0.2, 0.25) is 0 Å². The molecule has 2 aromatic rings. The van der Waals surface area contributed by atoms with E-state index in [0.29, 0.717) is 37.3 Å². The molecule has 2 heterocycles. The molecule has 148 valence electrons. The maximum atomic E-state index is 12.8. The molecule has 1 unspecified atom stereocenters. The normalized spacial score (nSPS) is 19.1. The third kappa shape index (κ3) is 4.23. The number of sulfonamides is 1. The third-order valence-corrected chi connectivity index (χ3v) is 6.86. The van der Waals surface area contributed by atoms with Crippen LogP contribution in [0.3, 0.4) is 0 Å². The van der Waals surface area contributed by atoms with Gasteiger partial charge in [-0.15, -0.1) is 0 Å². The van der Waals surface area contributed by atoms with Gasteiger partial charge in [0.15, 0.2) is 4.80 Å². The first-order valence-corrected chi connectivity index (χ1v) is 11.2. The van der Waals surface area contributed by atoms with Gasteiger partial charge in [0.25, 0.3) is 5.91 Å². The van der Waals surface area contributed by atoms with E-state index in [0.717, 1.165) is 22.2 Å². The Morgan fingerprint density at radius 1 is 1.37 bits per heavy atom. The molecule has 1 aromatic heterocycles. The average Bonchev–Trinajstić information content (AvgIpc) is 3.24. The van der Waals surface area contributed by atoms with E-state index in [2.05, 4.69) is 4.99 Å². The zero-order chi connectivity index (χ0) is 19.6. The molecular weight excluding hydrogens is 390 g/mol. The van der Waals surface area contributed by atoms with Crippen molar-refractivity contribution in [1.82, 2.24) is 8.87 Å². The minimum Gasteiger partial charge on any atom is -0.497 e. The molecule has 1 amide bonds. The van der Waals surface area contributed by atoms with Crippen molar-refractivity contribution in [3.63, 3.8) is 0 Å². The number of amides is 1. The van der Waals surface area contributed by atoms with E-state index in [4.69, 9.17) is 9.47 Å². The van der Waals surface area contributed by atoms with Gasteiger partial charge in [-0.3, -0.25) is 4.79 Å². The van der Waals surface area contributed by atoms with Gasteiger partial charge in [-0.05, 0) is 31.0 Å². The molecule has 27 heavy (non-hydrogen) atoms. The molecule has 0 spiro atoms. The molecule has 0 saturated carbocycles. The predicted octanol–water partition coefficient (Wildman–Crippen LogP) is 1.21. The minimum atomic E-state index is -3.43. The van der Waals surface area contributed by atoms with Gasteiger partial charge in [-0.2, -0.15) is 9.30 Å². The quantitative estimate of drug-likeness (QED) is 0.710. The van der Waals surface area contributed by atoms with Gasteiger partial charge in [0.2, 0.25) is 10.0 Å². The number of ether oxygens (including phenoxy) is 2. The predicted molar refractivity (Wildman–Crippen MR) is 103 cm³/mol. The Hall–Kier alpha value is -1.75. The molecule has 8 nitrogen and oxygen atoms in total. The molecule has 0 bridgehead atoms. The Kier molecular flexibility index (Phi) is 5.99. The smallest absolute Gasteiger partial charge is 0.266 e. The van der Waals surface area contributed by atoms with E-state index in [1.165, 1.54) is 15.6 Å². The van der Waals surface area contributed by atoms with Crippen LogP contribution in [0, 0.1) is 0 Å². The SMILES string of the molecule is COCCn1c(=NC(=O)C2CCCN2S(C)(=O)=O)sc2cc(OC)ccc21. The summed E-state index contributed by atoms with van der Waals surface area (Å²) in [6.07, 6.45) is 2.28. The lowest BCUT2D eigenvalue weighted by atomic mass is 10.2. The number of rotatable bonds is 6. The van der Waals surface area contributed by atoms with E-state index in [9.17, 15) is 13.2 Å². The van der Waals surface area contributed by atoms with Gasteiger partial charge < -0.3 is 14.0 Å². The summed E-state index contributed by atoms with van der Waals surface area (Å²) in [5.74, 6) is 0.294. The number of fused-ring (bicyclic) bond motifs is 1. The summed E-state index contributed by atoms with van der Waals surface area (Å²) in [4.78, 5) is 17.6. The fourth-order valence-corrected chi connectivity index (χ4v) is 5.43. The van der Waals surface area contributed by atoms with Crippen molar-refractivity contribution in [3.05, 3.63) is 23.0 Å². The molecule has 0 aliphatic carbocycles. The molecule has 3 rings (SSSR count). The van der Waals surface area contributed by atoms with Gasteiger partial charge in [-0.25, -0.2) is 8.42 Å². The van der Waals surface area contributed by atoms with Crippen molar-refractivity contribution < 1.29 is 22.7 Å². The average molecular weight is 414 g/mol. The number of aromatic nitrogens is 1. The van der Waals surface area contributed by atoms with Crippen molar-refractivity contribution in [1.29, 1.82) is 0 Å². The van der Waals surface area contributed by atoms with E-state index < -0.39 is 22.0 Å². The van der Waals surface area contributed by atoms with E-state index in [1.54, 1.807) is 14.2 Å². The molecule has 1 saturated heterocycles. The molecule has 1 fully saturated rings. The van der Waals surface area contributed by atoms with Gasteiger partial charge in [0, 0.05) is 20.2 Å². The summed E-state index contributed by atoms with van der Waals surface area (Å²) in [6.45, 7) is 1.37. The van der Waals surface area contributed by atoms with Gasteiger partial charge >= 0.3 is 0 Å². The highest BCUT2D eigenvalue weighted by molar-refractivity contribution is 7.88. The molecule has 0 N–H and O–H groups in total. The first-order valence-electron chi connectivity index (χ1n) is 8.57. The number of hydrogen-bond acceptors (Lipinski definition) is 6. The molecular formula is C17H23N3O5S2.